The van der Waals surface area contributed by atoms with Crippen molar-refractivity contribution >= 4 is 5.69 Å². The van der Waals surface area contributed by atoms with Gasteiger partial charge in [0.15, 0.2) is 0 Å². The van der Waals surface area contributed by atoms with Crippen LogP contribution < -0.4 is 15.3 Å². The van der Waals surface area contributed by atoms with Gasteiger partial charge in [0.05, 0.1) is 12.7 Å². The van der Waals surface area contributed by atoms with E-state index in [1.165, 1.54) is 24.8 Å². The molecule has 3 heterocycles. The first-order valence-electron chi connectivity index (χ1n) is 12.8. The van der Waals surface area contributed by atoms with Crippen molar-refractivity contribution in [3.63, 3.8) is 0 Å². The Labute approximate surface area is 208 Å². The number of fused-ring (bicyclic) bond motifs is 2. The molecule has 2 atom stereocenters. The molecule has 2 aliphatic heterocycles. The molecule has 2 bridgehead atoms. The summed E-state index contributed by atoms with van der Waals surface area (Å²) in [5.74, 6) is 0.976. The Morgan fingerprint density at radius 3 is 2.46 bits per heavy atom. The SMILES string of the molecule is COc1ccc(N2CCN(Cc3coc(=O)c(CN4C[C@@]5(C)C[C@@H]4CC(C)(C)C5)c3O)CC2)cc1. The second-order valence-corrected chi connectivity index (χ2v) is 12.0. The number of anilines is 1. The lowest BCUT2D eigenvalue weighted by Crippen LogP contribution is -2.46. The van der Waals surface area contributed by atoms with Crippen LogP contribution >= 0.6 is 0 Å². The van der Waals surface area contributed by atoms with Gasteiger partial charge in [0.25, 0.3) is 0 Å². The minimum Gasteiger partial charge on any atom is -0.507 e. The lowest BCUT2D eigenvalue weighted by molar-refractivity contribution is 0.126. The minimum atomic E-state index is -0.415. The maximum Gasteiger partial charge on any atom is 0.343 e. The van der Waals surface area contributed by atoms with E-state index < -0.39 is 5.63 Å². The Balaban J connectivity index is 1.24. The second kappa shape index (κ2) is 9.17. The first-order chi connectivity index (χ1) is 16.6. The number of likely N-dealkylation sites (tertiary alicyclic amines) is 1. The molecule has 3 aliphatic rings. The van der Waals surface area contributed by atoms with Gasteiger partial charge in [-0.15, -0.1) is 0 Å². The van der Waals surface area contributed by atoms with E-state index in [0.29, 0.717) is 35.7 Å². The van der Waals surface area contributed by atoms with Crippen LogP contribution in [0.25, 0.3) is 0 Å². The van der Waals surface area contributed by atoms with Crippen molar-refractivity contribution in [2.24, 2.45) is 10.8 Å². The van der Waals surface area contributed by atoms with Gasteiger partial charge in [-0.3, -0.25) is 9.80 Å². The highest BCUT2D eigenvalue weighted by atomic mass is 16.5. The number of hydrogen-bond acceptors (Lipinski definition) is 7. The monoisotopic (exact) mass is 481 g/mol. The van der Waals surface area contributed by atoms with Gasteiger partial charge in [-0.1, -0.05) is 20.8 Å². The third-order valence-electron chi connectivity index (χ3n) is 8.23. The van der Waals surface area contributed by atoms with E-state index in [2.05, 4.69) is 47.6 Å². The number of benzene rings is 1. The van der Waals surface area contributed by atoms with E-state index in [1.807, 2.05) is 12.1 Å². The molecule has 0 spiro atoms. The molecular formula is C28H39N3O4. The molecule has 7 nitrogen and oxygen atoms in total. The second-order valence-electron chi connectivity index (χ2n) is 12.0. The number of aromatic hydroxyl groups is 1. The molecule has 2 saturated heterocycles. The van der Waals surface area contributed by atoms with Crippen LogP contribution in [0.15, 0.2) is 39.7 Å². The van der Waals surface area contributed by atoms with Gasteiger partial charge in [0, 0.05) is 63.1 Å². The van der Waals surface area contributed by atoms with Crippen LogP contribution in [0.3, 0.4) is 0 Å². The molecular weight excluding hydrogens is 442 g/mol. The Bertz CT molecular complexity index is 1100. The van der Waals surface area contributed by atoms with Crippen molar-refractivity contribution in [2.75, 3.05) is 44.7 Å². The van der Waals surface area contributed by atoms with Crippen LogP contribution in [0.2, 0.25) is 0 Å². The highest BCUT2D eigenvalue weighted by molar-refractivity contribution is 5.49. The molecule has 1 aromatic heterocycles. The summed E-state index contributed by atoms with van der Waals surface area (Å²) in [5.41, 5.74) is 2.48. The van der Waals surface area contributed by atoms with Gasteiger partial charge in [0.2, 0.25) is 0 Å². The average molecular weight is 482 g/mol. The van der Waals surface area contributed by atoms with Gasteiger partial charge in [0.1, 0.15) is 17.8 Å². The smallest absolute Gasteiger partial charge is 0.343 e. The molecule has 5 rings (SSSR count). The molecule has 2 aromatic rings. The fourth-order valence-corrected chi connectivity index (χ4v) is 6.96. The molecule has 1 aliphatic carbocycles. The van der Waals surface area contributed by atoms with Crippen molar-refractivity contribution in [1.82, 2.24) is 9.80 Å². The molecule has 0 amide bonds. The first-order valence-corrected chi connectivity index (χ1v) is 12.8. The zero-order chi connectivity index (χ0) is 24.8. The molecule has 0 radical (unpaired) electrons. The summed E-state index contributed by atoms with van der Waals surface area (Å²) in [7, 11) is 1.68. The summed E-state index contributed by atoms with van der Waals surface area (Å²) in [4.78, 5) is 19.7. The summed E-state index contributed by atoms with van der Waals surface area (Å²) < 4.78 is 10.7. The molecule has 190 valence electrons. The van der Waals surface area contributed by atoms with Gasteiger partial charge in [-0.2, -0.15) is 0 Å². The number of ether oxygens (including phenoxy) is 1. The highest BCUT2D eigenvalue weighted by Crippen LogP contribution is 2.52. The number of hydrogen-bond donors (Lipinski definition) is 1. The van der Waals surface area contributed by atoms with Crippen molar-refractivity contribution in [3.8, 4) is 11.5 Å². The van der Waals surface area contributed by atoms with Crippen LogP contribution in [0.1, 0.15) is 51.2 Å². The Hall–Kier alpha value is -2.51. The van der Waals surface area contributed by atoms with Gasteiger partial charge >= 0.3 is 5.63 Å². The Morgan fingerprint density at radius 1 is 1.06 bits per heavy atom. The molecule has 3 fully saturated rings. The number of piperazine rings is 1. The maximum atomic E-state index is 12.6. The third-order valence-corrected chi connectivity index (χ3v) is 8.23. The van der Waals surface area contributed by atoms with Crippen LogP contribution in [-0.2, 0) is 13.1 Å². The van der Waals surface area contributed by atoms with E-state index >= 15 is 0 Å². The summed E-state index contributed by atoms with van der Waals surface area (Å²) in [6, 6.07) is 8.61. The zero-order valence-corrected chi connectivity index (χ0v) is 21.5. The number of methoxy groups -OCH3 is 1. The standard InChI is InChI=1S/C28H39N3O4/c1-27(2)13-22-14-28(3,18-27)19-31(22)16-24-25(32)20(17-35-26(24)33)15-29-9-11-30(12-10-29)21-5-7-23(34-4)8-6-21/h5-8,17,22,32H,9-16,18-19H2,1-4H3/t22-,28-/m0/s1. The molecule has 0 unspecified atom stereocenters. The van der Waals surface area contributed by atoms with E-state index in [-0.39, 0.29) is 11.2 Å². The minimum absolute atomic E-state index is 0.115. The van der Waals surface area contributed by atoms with E-state index in [9.17, 15) is 9.90 Å². The summed E-state index contributed by atoms with van der Waals surface area (Å²) in [6.45, 7) is 12.6. The molecule has 1 aromatic carbocycles. The van der Waals surface area contributed by atoms with Crippen molar-refractivity contribution in [2.45, 2.75) is 59.2 Å². The summed E-state index contributed by atoms with van der Waals surface area (Å²) >= 11 is 0. The third kappa shape index (κ3) is 5.07. The van der Waals surface area contributed by atoms with Crippen LogP contribution in [0.5, 0.6) is 11.5 Å². The number of rotatable bonds is 6. The predicted molar refractivity (Wildman–Crippen MR) is 137 cm³/mol. The number of nitrogens with zero attached hydrogens (tertiary/aromatic N) is 3. The van der Waals surface area contributed by atoms with Gasteiger partial charge < -0.3 is 19.2 Å². The largest absolute Gasteiger partial charge is 0.507 e. The normalized spacial score (nSPS) is 26.7. The fourth-order valence-electron chi connectivity index (χ4n) is 6.96. The van der Waals surface area contributed by atoms with Gasteiger partial charge in [-0.05, 0) is 54.4 Å². The lowest BCUT2D eigenvalue weighted by Gasteiger charge is -2.39. The highest BCUT2D eigenvalue weighted by Gasteiger charge is 2.49. The summed E-state index contributed by atoms with van der Waals surface area (Å²) in [6.07, 6.45) is 4.95. The Kier molecular flexibility index (Phi) is 6.34. The fraction of sp³-hybridized carbons (Fsp3) is 0.607. The van der Waals surface area contributed by atoms with Crippen molar-refractivity contribution in [1.29, 1.82) is 0 Å². The lowest BCUT2D eigenvalue weighted by atomic mass is 9.65. The quantitative estimate of drug-likeness (QED) is 0.667. The summed E-state index contributed by atoms with van der Waals surface area (Å²) in [5, 5.41) is 11.1. The van der Waals surface area contributed by atoms with E-state index in [1.54, 1.807) is 7.11 Å². The van der Waals surface area contributed by atoms with Gasteiger partial charge in [-0.25, -0.2) is 4.79 Å². The molecule has 1 N–H and O–H groups in total. The van der Waals surface area contributed by atoms with E-state index in [0.717, 1.165) is 44.9 Å². The van der Waals surface area contributed by atoms with Crippen molar-refractivity contribution < 1.29 is 14.3 Å². The first kappa shape index (κ1) is 24.2. The van der Waals surface area contributed by atoms with Crippen LogP contribution in [-0.4, -0.2) is 60.8 Å². The predicted octanol–water partition coefficient (Wildman–Crippen LogP) is 4.08. The maximum absolute atomic E-state index is 12.6. The topological polar surface area (TPSA) is 69.4 Å². The Morgan fingerprint density at radius 2 is 1.77 bits per heavy atom. The molecule has 35 heavy (non-hydrogen) atoms. The van der Waals surface area contributed by atoms with E-state index in [4.69, 9.17) is 9.15 Å². The molecule has 1 saturated carbocycles. The molecule has 7 heteroatoms. The zero-order valence-electron chi connectivity index (χ0n) is 21.5. The van der Waals surface area contributed by atoms with Crippen molar-refractivity contribution in [3.05, 3.63) is 52.1 Å². The van der Waals surface area contributed by atoms with Crippen LogP contribution in [0.4, 0.5) is 5.69 Å². The van der Waals surface area contributed by atoms with Crippen LogP contribution in [0, 0.1) is 10.8 Å². The average Bonchev–Trinajstić information content (AvgIpc) is 3.06.